The van der Waals surface area contributed by atoms with Crippen LogP contribution in [0.1, 0.15) is 33.9 Å². The minimum absolute atomic E-state index is 0.0662. The van der Waals surface area contributed by atoms with E-state index in [2.05, 4.69) is 19.9 Å². The summed E-state index contributed by atoms with van der Waals surface area (Å²) in [6, 6.07) is 5.50. The monoisotopic (exact) mass is 339 g/mol. The van der Waals surface area contributed by atoms with Gasteiger partial charge in [0.25, 0.3) is 5.91 Å². The van der Waals surface area contributed by atoms with Crippen LogP contribution in [0.4, 0.5) is 0 Å². The van der Waals surface area contributed by atoms with Gasteiger partial charge in [-0.05, 0) is 31.5 Å². The van der Waals surface area contributed by atoms with Crippen LogP contribution < -0.4 is 0 Å². The van der Waals surface area contributed by atoms with Crippen LogP contribution in [0.3, 0.4) is 0 Å². The van der Waals surface area contributed by atoms with Crippen molar-refractivity contribution in [2.75, 3.05) is 7.05 Å². The van der Waals surface area contributed by atoms with E-state index in [0.717, 1.165) is 5.56 Å². The summed E-state index contributed by atoms with van der Waals surface area (Å²) in [6.45, 7) is 3.81. The van der Waals surface area contributed by atoms with Gasteiger partial charge in [0.1, 0.15) is 4.88 Å². The summed E-state index contributed by atoms with van der Waals surface area (Å²) in [5.41, 5.74) is 1.68. The number of thiazole rings is 1. The molecule has 3 aromatic heterocycles. The Labute approximate surface area is 144 Å². The number of pyridine rings is 1. The number of aryl methyl sites for hydroxylation is 1. The van der Waals surface area contributed by atoms with Gasteiger partial charge in [-0.2, -0.15) is 0 Å². The molecule has 1 amide bonds. The maximum absolute atomic E-state index is 12.9. The third-order valence-electron chi connectivity index (χ3n) is 3.82. The van der Waals surface area contributed by atoms with Gasteiger partial charge in [0.05, 0.1) is 11.7 Å². The number of aromatic nitrogens is 4. The number of amides is 1. The van der Waals surface area contributed by atoms with E-state index in [1.54, 1.807) is 42.8 Å². The Balaban J connectivity index is 1.86. The van der Waals surface area contributed by atoms with Crippen molar-refractivity contribution in [2.24, 2.45) is 0 Å². The zero-order valence-corrected chi connectivity index (χ0v) is 14.5. The minimum atomic E-state index is -0.0795. The lowest BCUT2D eigenvalue weighted by Crippen LogP contribution is -2.29. The van der Waals surface area contributed by atoms with Crippen molar-refractivity contribution in [1.29, 1.82) is 0 Å². The van der Waals surface area contributed by atoms with Crippen molar-refractivity contribution in [3.63, 3.8) is 0 Å². The van der Waals surface area contributed by atoms with Crippen LogP contribution >= 0.6 is 11.3 Å². The number of nitrogens with zero attached hydrogens (tertiary/aromatic N) is 5. The van der Waals surface area contributed by atoms with E-state index >= 15 is 0 Å². The molecule has 0 fully saturated rings. The van der Waals surface area contributed by atoms with Crippen LogP contribution in [-0.4, -0.2) is 37.8 Å². The van der Waals surface area contributed by atoms with Gasteiger partial charge in [0.15, 0.2) is 10.8 Å². The standard InChI is InChI=1S/C17H17N5OS/c1-11-14(24-16(21-11)15-19-8-5-9-20-15)17(23)22(3)12(2)13-6-4-7-18-10-13/h4-10,12H,1-3H3. The highest BCUT2D eigenvalue weighted by Gasteiger charge is 2.24. The van der Waals surface area contributed by atoms with E-state index in [9.17, 15) is 4.79 Å². The quantitative estimate of drug-likeness (QED) is 0.730. The van der Waals surface area contributed by atoms with Crippen LogP contribution in [0.2, 0.25) is 0 Å². The molecule has 3 rings (SSSR count). The van der Waals surface area contributed by atoms with E-state index in [4.69, 9.17) is 0 Å². The molecule has 0 spiro atoms. The molecule has 0 aliphatic heterocycles. The fraction of sp³-hybridized carbons (Fsp3) is 0.235. The van der Waals surface area contributed by atoms with Crippen molar-refractivity contribution in [2.45, 2.75) is 19.9 Å². The Hall–Kier alpha value is -2.67. The predicted molar refractivity (Wildman–Crippen MR) is 92.6 cm³/mol. The first-order valence-corrected chi connectivity index (χ1v) is 8.31. The molecule has 0 saturated heterocycles. The average molecular weight is 339 g/mol. The summed E-state index contributed by atoms with van der Waals surface area (Å²) >= 11 is 1.32. The first kappa shape index (κ1) is 16.2. The summed E-state index contributed by atoms with van der Waals surface area (Å²) in [5, 5.41) is 0.652. The van der Waals surface area contributed by atoms with Crippen molar-refractivity contribution in [1.82, 2.24) is 24.8 Å². The molecule has 3 aromatic rings. The third-order valence-corrected chi connectivity index (χ3v) is 4.96. The summed E-state index contributed by atoms with van der Waals surface area (Å²) in [7, 11) is 1.79. The Bertz CT molecular complexity index is 835. The van der Waals surface area contributed by atoms with Gasteiger partial charge in [-0.15, -0.1) is 11.3 Å². The van der Waals surface area contributed by atoms with E-state index in [-0.39, 0.29) is 11.9 Å². The molecular formula is C17H17N5OS. The summed E-state index contributed by atoms with van der Waals surface area (Å²) in [4.78, 5) is 32.1. The molecule has 122 valence electrons. The average Bonchev–Trinajstić information content (AvgIpc) is 3.03. The molecule has 6 nitrogen and oxygen atoms in total. The molecular weight excluding hydrogens is 322 g/mol. The van der Waals surface area contributed by atoms with Crippen LogP contribution in [-0.2, 0) is 0 Å². The van der Waals surface area contributed by atoms with Crippen LogP contribution in [0.15, 0.2) is 43.0 Å². The first-order valence-electron chi connectivity index (χ1n) is 7.50. The van der Waals surface area contributed by atoms with Crippen molar-refractivity contribution >= 4 is 17.2 Å². The number of carbonyl (C=O) groups is 1. The molecule has 3 heterocycles. The van der Waals surface area contributed by atoms with Crippen LogP contribution in [0.25, 0.3) is 10.8 Å². The molecule has 0 bridgehead atoms. The molecule has 0 radical (unpaired) electrons. The summed E-state index contributed by atoms with van der Waals surface area (Å²) < 4.78 is 0. The topological polar surface area (TPSA) is 71.9 Å². The number of hydrogen-bond acceptors (Lipinski definition) is 6. The van der Waals surface area contributed by atoms with E-state index in [0.29, 0.717) is 21.4 Å². The summed E-state index contributed by atoms with van der Waals surface area (Å²) in [5.74, 6) is 0.469. The fourth-order valence-corrected chi connectivity index (χ4v) is 3.28. The van der Waals surface area contributed by atoms with Gasteiger partial charge < -0.3 is 4.90 Å². The lowest BCUT2D eigenvalue weighted by Gasteiger charge is -2.24. The van der Waals surface area contributed by atoms with Crippen LogP contribution in [0.5, 0.6) is 0 Å². The predicted octanol–water partition coefficient (Wildman–Crippen LogP) is 3.14. The molecule has 7 heteroatoms. The summed E-state index contributed by atoms with van der Waals surface area (Å²) in [6.07, 6.45) is 6.82. The Morgan fingerprint density at radius 1 is 1.21 bits per heavy atom. The maximum atomic E-state index is 12.9. The highest BCUT2D eigenvalue weighted by atomic mass is 32.1. The second-order valence-corrected chi connectivity index (χ2v) is 6.38. The molecule has 1 unspecified atom stereocenters. The Morgan fingerprint density at radius 2 is 1.96 bits per heavy atom. The number of hydrogen-bond donors (Lipinski definition) is 0. The second kappa shape index (κ2) is 6.84. The van der Waals surface area contributed by atoms with E-state index < -0.39 is 0 Å². The van der Waals surface area contributed by atoms with Crippen molar-refractivity contribution < 1.29 is 4.79 Å². The number of carbonyl (C=O) groups excluding carboxylic acids is 1. The molecule has 0 saturated carbocycles. The van der Waals surface area contributed by atoms with E-state index in [1.807, 2.05) is 26.0 Å². The largest absolute Gasteiger partial charge is 0.334 e. The zero-order valence-electron chi connectivity index (χ0n) is 13.7. The third kappa shape index (κ3) is 3.16. The van der Waals surface area contributed by atoms with Gasteiger partial charge >= 0.3 is 0 Å². The zero-order chi connectivity index (χ0) is 17.1. The normalized spacial score (nSPS) is 12.0. The van der Waals surface area contributed by atoms with Gasteiger partial charge in [-0.1, -0.05) is 6.07 Å². The highest BCUT2D eigenvalue weighted by molar-refractivity contribution is 7.17. The molecule has 0 N–H and O–H groups in total. The van der Waals surface area contributed by atoms with Gasteiger partial charge in [0, 0.05) is 31.8 Å². The molecule has 0 aromatic carbocycles. The minimum Gasteiger partial charge on any atom is -0.334 e. The maximum Gasteiger partial charge on any atom is 0.266 e. The molecule has 0 aliphatic carbocycles. The van der Waals surface area contributed by atoms with Crippen molar-refractivity contribution in [3.05, 3.63) is 59.1 Å². The van der Waals surface area contributed by atoms with E-state index in [1.165, 1.54) is 11.3 Å². The SMILES string of the molecule is Cc1nc(-c2ncccn2)sc1C(=O)N(C)C(C)c1cccnc1. The fourth-order valence-electron chi connectivity index (χ4n) is 2.28. The first-order chi connectivity index (χ1) is 11.6. The van der Waals surface area contributed by atoms with Gasteiger partial charge in [-0.3, -0.25) is 9.78 Å². The lowest BCUT2D eigenvalue weighted by atomic mass is 10.1. The molecule has 1 atom stereocenters. The van der Waals surface area contributed by atoms with Gasteiger partial charge in [0.2, 0.25) is 0 Å². The Morgan fingerprint density at radius 3 is 2.62 bits per heavy atom. The smallest absolute Gasteiger partial charge is 0.266 e. The lowest BCUT2D eigenvalue weighted by molar-refractivity contribution is 0.0746. The second-order valence-electron chi connectivity index (χ2n) is 5.38. The Kier molecular flexibility index (Phi) is 4.61. The van der Waals surface area contributed by atoms with Gasteiger partial charge in [-0.25, -0.2) is 15.0 Å². The van der Waals surface area contributed by atoms with Crippen LogP contribution in [0, 0.1) is 6.92 Å². The molecule has 0 aliphatic rings. The molecule has 24 heavy (non-hydrogen) atoms. The highest BCUT2D eigenvalue weighted by Crippen LogP contribution is 2.28. The number of rotatable bonds is 4. The van der Waals surface area contributed by atoms with Crippen molar-refractivity contribution in [3.8, 4) is 10.8 Å².